The molecule has 0 unspecified atom stereocenters. The van der Waals surface area contributed by atoms with Crippen molar-refractivity contribution in [2.75, 3.05) is 11.9 Å². The van der Waals surface area contributed by atoms with Gasteiger partial charge in [-0.2, -0.15) is 0 Å². The number of nitrogens with zero attached hydrogens (tertiary/aromatic N) is 3. The molecule has 0 aliphatic carbocycles. The van der Waals surface area contributed by atoms with Crippen molar-refractivity contribution in [3.63, 3.8) is 0 Å². The van der Waals surface area contributed by atoms with Crippen molar-refractivity contribution in [2.24, 2.45) is 5.92 Å². The molecular weight excluding hydrogens is 599 g/mol. The third-order valence-electron chi connectivity index (χ3n) is 9.08. The van der Waals surface area contributed by atoms with Crippen molar-refractivity contribution in [1.82, 2.24) is 19.5 Å². The summed E-state index contributed by atoms with van der Waals surface area (Å²) in [6.45, 7) is 21.0. The number of amides is 1. The molecule has 5 rings (SSSR count). The molecular formula is C30H47N5O7Si2. The van der Waals surface area contributed by atoms with E-state index in [-0.39, 0.29) is 46.5 Å². The fraction of sp³-hybridized carbons (Fsp3) is 0.667. The Bertz CT molecular complexity index is 1570. The van der Waals surface area contributed by atoms with Crippen LogP contribution in [0.25, 0.3) is 21.9 Å². The van der Waals surface area contributed by atoms with Crippen LogP contribution < -0.4 is 10.9 Å². The van der Waals surface area contributed by atoms with Crippen molar-refractivity contribution in [3.8, 4) is 0 Å². The normalized spacial score (nSPS) is 25.4. The number of aromatic nitrogens is 4. The first kappa shape index (κ1) is 32.9. The predicted octanol–water partition coefficient (Wildman–Crippen LogP) is 5.08. The fourth-order valence-corrected chi connectivity index (χ4v) is 17.8. The molecule has 4 atom stereocenters. The molecule has 1 amide bonds. The maximum atomic E-state index is 12.9. The van der Waals surface area contributed by atoms with E-state index < -0.39 is 47.2 Å². The van der Waals surface area contributed by atoms with E-state index in [1.807, 2.05) is 0 Å². The number of carbonyl (C=O) groups excluding carboxylic acids is 1. The van der Waals surface area contributed by atoms with E-state index in [2.05, 4.69) is 75.7 Å². The lowest BCUT2D eigenvalue weighted by atomic mass is 10.1. The largest absolute Gasteiger partial charge is 0.414 e. The number of carbonyl (C=O) groups is 1. The van der Waals surface area contributed by atoms with E-state index in [1.165, 1.54) is 0 Å². The highest BCUT2D eigenvalue weighted by molar-refractivity contribution is 6.84. The molecule has 0 spiro atoms. The second-order valence-electron chi connectivity index (χ2n) is 13.7. The minimum Gasteiger partial charge on any atom is -0.414 e. The minimum absolute atomic E-state index is 0.0689. The molecule has 2 aliphatic heterocycles. The van der Waals surface area contributed by atoms with Gasteiger partial charge in [-0.15, -0.1) is 0 Å². The Balaban J connectivity index is 1.56. The number of nitrogens with one attached hydrogen (secondary N) is 2. The molecule has 12 nitrogen and oxygen atoms in total. The number of H-pyrrole nitrogens is 1. The molecule has 1 aromatic carbocycles. The van der Waals surface area contributed by atoms with Crippen LogP contribution in [0.2, 0.25) is 22.2 Å². The monoisotopic (exact) mass is 645 g/mol. The number of benzene rings is 1. The molecule has 3 aromatic rings. The van der Waals surface area contributed by atoms with Crippen molar-refractivity contribution in [3.05, 3.63) is 28.8 Å². The topological polar surface area (TPSA) is 150 Å². The molecule has 14 heteroatoms. The molecule has 44 heavy (non-hydrogen) atoms. The van der Waals surface area contributed by atoms with Gasteiger partial charge in [0.15, 0.2) is 6.23 Å². The van der Waals surface area contributed by atoms with Gasteiger partial charge in [-0.25, -0.2) is 9.97 Å². The Labute approximate surface area is 260 Å². The number of anilines is 1. The second-order valence-corrected chi connectivity index (χ2v) is 22.5. The number of fused-ring (bicyclic) bond motifs is 3. The van der Waals surface area contributed by atoms with E-state index >= 15 is 0 Å². The van der Waals surface area contributed by atoms with E-state index in [1.54, 1.807) is 36.9 Å². The highest BCUT2D eigenvalue weighted by Gasteiger charge is 2.61. The number of ether oxygens (including phenoxy) is 1. The van der Waals surface area contributed by atoms with Crippen LogP contribution in [0, 0.1) is 5.92 Å². The molecule has 2 saturated heterocycles. The first-order valence-electron chi connectivity index (χ1n) is 15.7. The number of hydrogen-bond acceptors (Lipinski definition) is 9. The molecule has 2 aliphatic rings. The Hall–Kier alpha value is -2.47. The van der Waals surface area contributed by atoms with Gasteiger partial charge in [0.25, 0.3) is 5.56 Å². The average Bonchev–Trinajstić information content (AvgIpc) is 3.46. The molecule has 0 saturated carbocycles. The number of aliphatic hydroxyl groups excluding tert-OH is 1. The van der Waals surface area contributed by atoms with Gasteiger partial charge in [-0.1, -0.05) is 69.2 Å². The summed E-state index contributed by atoms with van der Waals surface area (Å²) in [5, 5.41) is 14.8. The second kappa shape index (κ2) is 12.0. The summed E-state index contributed by atoms with van der Waals surface area (Å²) in [7, 11) is -5.73. The Kier molecular flexibility index (Phi) is 9.01. The maximum Gasteiger partial charge on any atom is 0.335 e. The maximum absolute atomic E-state index is 12.9. The summed E-state index contributed by atoms with van der Waals surface area (Å²) >= 11 is 0. The van der Waals surface area contributed by atoms with Gasteiger partial charge in [-0.3, -0.25) is 19.9 Å². The summed E-state index contributed by atoms with van der Waals surface area (Å²) in [6.07, 6.45) is -1.45. The van der Waals surface area contributed by atoms with E-state index in [0.717, 1.165) is 0 Å². The van der Waals surface area contributed by atoms with E-state index in [0.29, 0.717) is 21.9 Å². The van der Waals surface area contributed by atoms with Crippen LogP contribution in [0.1, 0.15) is 75.5 Å². The molecule has 242 valence electrons. The average molecular weight is 646 g/mol. The Morgan fingerprint density at radius 2 is 1.64 bits per heavy atom. The van der Waals surface area contributed by atoms with Gasteiger partial charge in [-0.05, 0) is 34.3 Å². The number of rotatable bonds is 7. The standard InChI is InChI=1S/C30H47N5O7Si2/c1-15(2)27(37)33-30-32-21-12-23-22(11-20(21)28(38)34-30)31-14-35(23)29-25(36)26-24(40-29)13-39-43(16(3)4,17(5)6)42-44(41-26,18(7)8)19(9)10/h11-12,14-19,24-26,29,36H,13H2,1-10H3,(H2,32,33,34,37,38)/t24-,25-,26-,29-/m1/s1. The summed E-state index contributed by atoms with van der Waals surface area (Å²) in [5.74, 6) is -0.470. The quantitative estimate of drug-likeness (QED) is 0.299. The van der Waals surface area contributed by atoms with Crippen LogP contribution in [-0.4, -0.2) is 72.6 Å². The van der Waals surface area contributed by atoms with E-state index in [4.69, 9.17) is 17.7 Å². The highest BCUT2D eigenvalue weighted by atomic mass is 28.5. The van der Waals surface area contributed by atoms with Gasteiger partial charge in [0.05, 0.1) is 34.9 Å². The van der Waals surface area contributed by atoms with Gasteiger partial charge in [0.1, 0.15) is 18.3 Å². The Morgan fingerprint density at radius 1 is 1.00 bits per heavy atom. The molecule has 0 radical (unpaired) electrons. The molecule has 0 bridgehead atoms. The Morgan fingerprint density at radius 3 is 2.23 bits per heavy atom. The van der Waals surface area contributed by atoms with Crippen molar-refractivity contribution >= 4 is 50.9 Å². The third-order valence-corrected chi connectivity index (χ3v) is 19.3. The lowest BCUT2D eigenvalue weighted by Gasteiger charge is -2.51. The van der Waals surface area contributed by atoms with Crippen LogP contribution in [0.3, 0.4) is 0 Å². The summed E-state index contributed by atoms with van der Waals surface area (Å²) in [4.78, 5) is 36.8. The lowest BCUT2D eigenvalue weighted by Crippen LogP contribution is -2.65. The lowest BCUT2D eigenvalue weighted by molar-refractivity contribution is -0.118. The predicted molar refractivity (Wildman–Crippen MR) is 173 cm³/mol. The van der Waals surface area contributed by atoms with Crippen molar-refractivity contribution < 1.29 is 27.6 Å². The molecule has 4 heterocycles. The minimum atomic E-state index is -2.96. The van der Waals surface area contributed by atoms with E-state index in [9.17, 15) is 14.7 Å². The van der Waals surface area contributed by atoms with Crippen LogP contribution in [-0.2, 0) is 22.5 Å². The zero-order chi connectivity index (χ0) is 32.3. The first-order chi connectivity index (χ1) is 20.6. The molecule has 3 N–H and O–H groups in total. The fourth-order valence-electron chi connectivity index (χ4n) is 6.55. The number of imidazole rings is 1. The van der Waals surface area contributed by atoms with Gasteiger partial charge >= 0.3 is 17.1 Å². The zero-order valence-electron chi connectivity index (χ0n) is 27.4. The third kappa shape index (κ3) is 5.48. The SMILES string of the molecule is CC(C)C(=O)Nc1nc2cc3c(cc2c(=O)[nH]1)ncn3[C@@H]1O[C@@H]2CO[Si](C(C)C)(C(C)C)O[Si](C(C)C)(C(C)C)O[C@H]2[C@H]1O. The molecule has 2 aromatic heterocycles. The highest BCUT2D eigenvalue weighted by Crippen LogP contribution is 2.48. The zero-order valence-corrected chi connectivity index (χ0v) is 29.4. The van der Waals surface area contributed by atoms with Crippen LogP contribution in [0.4, 0.5) is 5.95 Å². The summed E-state index contributed by atoms with van der Waals surface area (Å²) in [6, 6.07) is 3.38. The number of hydrogen-bond donors (Lipinski definition) is 3. The first-order valence-corrected chi connectivity index (χ1v) is 19.6. The number of aliphatic hydroxyl groups is 1. The van der Waals surface area contributed by atoms with Crippen LogP contribution in [0.15, 0.2) is 23.3 Å². The number of aromatic amines is 1. The van der Waals surface area contributed by atoms with Gasteiger partial charge < -0.3 is 27.4 Å². The van der Waals surface area contributed by atoms with Crippen molar-refractivity contribution in [1.29, 1.82) is 0 Å². The van der Waals surface area contributed by atoms with Crippen LogP contribution in [0.5, 0.6) is 0 Å². The smallest absolute Gasteiger partial charge is 0.335 e. The summed E-state index contributed by atoms with van der Waals surface area (Å²) < 4.78 is 29.5. The van der Waals surface area contributed by atoms with Gasteiger partial charge in [0, 0.05) is 5.92 Å². The molecule has 2 fully saturated rings. The summed E-state index contributed by atoms with van der Waals surface area (Å²) in [5.41, 5.74) is 1.74. The van der Waals surface area contributed by atoms with Crippen LogP contribution >= 0.6 is 0 Å². The van der Waals surface area contributed by atoms with Gasteiger partial charge in [0.2, 0.25) is 11.9 Å². The van der Waals surface area contributed by atoms with Crippen molar-refractivity contribution in [2.45, 2.75) is 116 Å².